The van der Waals surface area contributed by atoms with Gasteiger partial charge in [-0.1, -0.05) is 13.8 Å². The van der Waals surface area contributed by atoms with Crippen molar-refractivity contribution in [1.82, 2.24) is 15.6 Å². The van der Waals surface area contributed by atoms with Crippen LogP contribution in [-0.2, 0) is 4.79 Å². The van der Waals surface area contributed by atoms with E-state index in [1.165, 1.54) is 6.20 Å². The Morgan fingerprint density at radius 1 is 1.10 bits per heavy atom. The van der Waals surface area contributed by atoms with Crippen molar-refractivity contribution in [1.29, 1.82) is 0 Å². The number of nitrogens with zero attached hydrogens (tertiary/aromatic N) is 1. The number of carbonyl (C=O) groups is 2. The molecule has 2 amide bonds. The van der Waals surface area contributed by atoms with E-state index < -0.39 is 0 Å². The fourth-order valence-electron chi connectivity index (χ4n) is 1.73. The molecule has 0 atom stereocenters. The first-order valence-electron chi connectivity index (χ1n) is 7.41. The number of carbonyl (C=O) groups excluding carboxylic acids is 2. The second-order valence-electron chi connectivity index (χ2n) is 4.70. The third kappa shape index (κ3) is 6.25. The number of hydrogen-bond acceptors (Lipinski definition) is 4. The molecule has 0 radical (unpaired) electrons. The number of rotatable bonds is 9. The lowest BCUT2D eigenvalue weighted by Gasteiger charge is -2.11. The molecule has 0 saturated carbocycles. The Morgan fingerprint density at radius 2 is 1.86 bits per heavy atom. The van der Waals surface area contributed by atoms with Crippen LogP contribution in [0.2, 0.25) is 0 Å². The van der Waals surface area contributed by atoms with Gasteiger partial charge in [-0.2, -0.15) is 0 Å². The van der Waals surface area contributed by atoms with Crippen LogP contribution in [0, 0.1) is 0 Å². The highest BCUT2D eigenvalue weighted by Gasteiger charge is 2.11. The molecule has 1 rings (SSSR count). The second kappa shape index (κ2) is 9.74. The Balaban J connectivity index is 2.46. The van der Waals surface area contributed by atoms with Gasteiger partial charge in [0.2, 0.25) is 5.91 Å². The Kier molecular flexibility index (Phi) is 7.86. The lowest BCUT2D eigenvalue weighted by molar-refractivity contribution is -0.120. The fourth-order valence-corrected chi connectivity index (χ4v) is 1.73. The van der Waals surface area contributed by atoms with Crippen molar-refractivity contribution in [3.8, 4) is 0 Å². The summed E-state index contributed by atoms with van der Waals surface area (Å²) in [6.07, 6.45) is 5.34. The highest BCUT2D eigenvalue weighted by molar-refractivity contribution is 5.99. The average molecular weight is 292 g/mol. The summed E-state index contributed by atoms with van der Waals surface area (Å²) in [7, 11) is 0. The standard InChI is InChI=1S/C15H24N4O2/c1-3-7-17-13-5-9-16-11-12(13)15(21)19-10-6-14(20)18-8-4-2/h5,9,11H,3-4,6-8,10H2,1-2H3,(H,16,17)(H,18,20)(H,19,21). The van der Waals surface area contributed by atoms with E-state index in [1.54, 1.807) is 12.3 Å². The number of nitrogens with one attached hydrogen (secondary N) is 3. The van der Waals surface area contributed by atoms with Gasteiger partial charge in [-0.15, -0.1) is 0 Å². The van der Waals surface area contributed by atoms with Crippen molar-refractivity contribution in [2.75, 3.05) is 25.0 Å². The zero-order valence-electron chi connectivity index (χ0n) is 12.7. The predicted octanol–water partition coefficient (Wildman–Crippen LogP) is 1.55. The van der Waals surface area contributed by atoms with Crippen LogP contribution in [0.4, 0.5) is 5.69 Å². The Hall–Kier alpha value is -2.11. The van der Waals surface area contributed by atoms with Crippen LogP contribution in [-0.4, -0.2) is 36.4 Å². The van der Waals surface area contributed by atoms with Crippen molar-refractivity contribution in [3.05, 3.63) is 24.0 Å². The molecule has 6 heteroatoms. The fraction of sp³-hybridized carbons (Fsp3) is 0.533. The van der Waals surface area contributed by atoms with Gasteiger partial charge in [-0.3, -0.25) is 14.6 Å². The quantitative estimate of drug-likeness (QED) is 0.645. The summed E-state index contributed by atoms with van der Waals surface area (Å²) in [4.78, 5) is 27.5. The molecular formula is C15H24N4O2. The van der Waals surface area contributed by atoms with Gasteiger partial charge in [0.1, 0.15) is 0 Å². The molecule has 0 aliphatic carbocycles. The lowest BCUT2D eigenvalue weighted by atomic mass is 10.2. The number of amides is 2. The Bertz CT molecular complexity index is 463. The normalized spacial score (nSPS) is 10.0. The molecule has 0 aromatic carbocycles. The third-order valence-corrected chi connectivity index (χ3v) is 2.84. The molecule has 3 N–H and O–H groups in total. The Morgan fingerprint density at radius 3 is 2.57 bits per heavy atom. The van der Waals surface area contributed by atoms with E-state index in [4.69, 9.17) is 0 Å². The van der Waals surface area contributed by atoms with Crippen LogP contribution in [0.15, 0.2) is 18.5 Å². The van der Waals surface area contributed by atoms with Crippen molar-refractivity contribution < 1.29 is 9.59 Å². The first-order valence-corrected chi connectivity index (χ1v) is 7.41. The number of aromatic nitrogens is 1. The summed E-state index contributed by atoms with van der Waals surface area (Å²) < 4.78 is 0. The third-order valence-electron chi connectivity index (χ3n) is 2.84. The Labute approximate surface area is 125 Å². The monoisotopic (exact) mass is 292 g/mol. The molecule has 116 valence electrons. The first-order chi connectivity index (χ1) is 10.2. The van der Waals surface area contributed by atoms with Crippen LogP contribution < -0.4 is 16.0 Å². The summed E-state index contributed by atoms with van der Waals surface area (Å²) >= 11 is 0. The molecule has 6 nitrogen and oxygen atoms in total. The molecule has 0 bridgehead atoms. The van der Waals surface area contributed by atoms with Crippen LogP contribution in [0.3, 0.4) is 0 Å². The van der Waals surface area contributed by atoms with Gasteiger partial charge >= 0.3 is 0 Å². The van der Waals surface area contributed by atoms with E-state index >= 15 is 0 Å². The van der Waals surface area contributed by atoms with Gasteiger partial charge < -0.3 is 16.0 Å². The van der Waals surface area contributed by atoms with Gasteiger partial charge in [-0.05, 0) is 18.9 Å². The van der Waals surface area contributed by atoms with Gasteiger partial charge in [0.15, 0.2) is 0 Å². The van der Waals surface area contributed by atoms with Crippen LogP contribution >= 0.6 is 0 Å². The number of pyridine rings is 1. The van der Waals surface area contributed by atoms with E-state index in [0.29, 0.717) is 18.7 Å². The van der Waals surface area contributed by atoms with Gasteiger partial charge in [0.05, 0.1) is 11.3 Å². The van der Waals surface area contributed by atoms with Gasteiger partial charge in [0, 0.05) is 38.4 Å². The summed E-state index contributed by atoms with van der Waals surface area (Å²) in [6.45, 7) is 5.83. The molecule has 1 aromatic heterocycles. The van der Waals surface area contributed by atoms with E-state index in [-0.39, 0.29) is 18.2 Å². The van der Waals surface area contributed by atoms with Crippen LogP contribution in [0.1, 0.15) is 43.5 Å². The van der Waals surface area contributed by atoms with Gasteiger partial charge in [0.25, 0.3) is 5.91 Å². The summed E-state index contributed by atoms with van der Waals surface area (Å²) in [6, 6.07) is 1.78. The zero-order chi connectivity index (χ0) is 15.5. The molecule has 1 aromatic rings. The van der Waals surface area contributed by atoms with E-state index in [0.717, 1.165) is 25.1 Å². The van der Waals surface area contributed by atoms with Crippen LogP contribution in [0.5, 0.6) is 0 Å². The van der Waals surface area contributed by atoms with E-state index in [9.17, 15) is 9.59 Å². The minimum absolute atomic E-state index is 0.0485. The molecule has 0 spiro atoms. The molecule has 0 saturated heterocycles. The lowest BCUT2D eigenvalue weighted by Crippen LogP contribution is -2.31. The molecule has 0 fully saturated rings. The maximum atomic E-state index is 12.1. The minimum Gasteiger partial charge on any atom is -0.384 e. The predicted molar refractivity (Wildman–Crippen MR) is 83.3 cm³/mol. The highest BCUT2D eigenvalue weighted by Crippen LogP contribution is 2.13. The maximum Gasteiger partial charge on any atom is 0.254 e. The molecule has 21 heavy (non-hydrogen) atoms. The first kappa shape index (κ1) is 16.9. The van der Waals surface area contributed by atoms with E-state index in [1.807, 2.05) is 6.92 Å². The maximum absolute atomic E-state index is 12.1. The number of hydrogen-bond donors (Lipinski definition) is 3. The van der Waals surface area contributed by atoms with E-state index in [2.05, 4.69) is 27.9 Å². The van der Waals surface area contributed by atoms with Crippen molar-refractivity contribution in [3.63, 3.8) is 0 Å². The summed E-state index contributed by atoms with van der Waals surface area (Å²) in [5, 5.41) is 8.70. The second-order valence-corrected chi connectivity index (χ2v) is 4.70. The average Bonchev–Trinajstić information content (AvgIpc) is 2.51. The number of anilines is 1. The summed E-state index contributed by atoms with van der Waals surface area (Å²) in [5.41, 5.74) is 1.26. The largest absolute Gasteiger partial charge is 0.384 e. The molecule has 0 aliphatic heterocycles. The topological polar surface area (TPSA) is 83.1 Å². The van der Waals surface area contributed by atoms with Crippen molar-refractivity contribution >= 4 is 17.5 Å². The van der Waals surface area contributed by atoms with Crippen molar-refractivity contribution in [2.24, 2.45) is 0 Å². The van der Waals surface area contributed by atoms with Crippen molar-refractivity contribution in [2.45, 2.75) is 33.1 Å². The van der Waals surface area contributed by atoms with Gasteiger partial charge in [-0.25, -0.2) is 0 Å². The molecule has 0 unspecified atom stereocenters. The molecular weight excluding hydrogens is 268 g/mol. The zero-order valence-corrected chi connectivity index (χ0v) is 12.7. The van der Waals surface area contributed by atoms with Crippen LogP contribution in [0.25, 0.3) is 0 Å². The smallest absolute Gasteiger partial charge is 0.254 e. The minimum atomic E-state index is -0.218. The molecule has 0 aliphatic rings. The summed E-state index contributed by atoms with van der Waals surface area (Å²) in [5.74, 6) is -0.266. The molecule has 1 heterocycles. The SMILES string of the molecule is CCCNC(=O)CCNC(=O)c1cnccc1NCCC. The highest BCUT2D eigenvalue weighted by atomic mass is 16.2.